The molecule has 0 saturated heterocycles. The number of nitrogens with one attached hydrogen (secondary N) is 2. The van der Waals surface area contributed by atoms with Gasteiger partial charge in [0.2, 0.25) is 5.91 Å². The third kappa shape index (κ3) is 10.1. The van der Waals surface area contributed by atoms with Gasteiger partial charge < -0.3 is 35.0 Å². The molecule has 4 atom stereocenters. The summed E-state index contributed by atoms with van der Waals surface area (Å²) in [5.74, 6) is -0.323. The summed E-state index contributed by atoms with van der Waals surface area (Å²) in [4.78, 5) is 44.1. The van der Waals surface area contributed by atoms with Crippen LogP contribution in [-0.4, -0.2) is 84.4 Å². The van der Waals surface area contributed by atoms with Gasteiger partial charge in [-0.05, 0) is 68.3 Å². The highest BCUT2D eigenvalue weighted by Gasteiger charge is 2.31. The van der Waals surface area contributed by atoms with Crippen LogP contribution in [0.5, 0.6) is 5.75 Å². The fourth-order valence-electron chi connectivity index (χ4n) is 6.35. The van der Waals surface area contributed by atoms with E-state index in [0.29, 0.717) is 30.2 Å². The third-order valence-corrected chi connectivity index (χ3v) is 9.37. The highest BCUT2D eigenvalue weighted by Crippen LogP contribution is 2.29. The zero-order valence-electron chi connectivity index (χ0n) is 30.0. The molecule has 0 bridgehead atoms. The lowest BCUT2D eigenvalue weighted by atomic mass is 10.0. The molecule has 1 heterocycles. The molecule has 0 spiro atoms. The van der Waals surface area contributed by atoms with Crippen LogP contribution in [0.4, 0.5) is 16.2 Å². The number of anilines is 2. The van der Waals surface area contributed by atoms with Crippen molar-refractivity contribution in [2.75, 3.05) is 44.0 Å². The van der Waals surface area contributed by atoms with Crippen LogP contribution < -0.4 is 15.4 Å². The molecule has 4 amide bonds. The number of benzene rings is 4. The van der Waals surface area contributed by atoms with Gasteiger partial charge in [-0.2, -0.15) is 0 Å². The Morgan fingerprint density at radius 3 is 2.49 bits per heavy atom. The quantitative estimate of drug-likeness (QED) is 0.183. The number of ether oxygens (including phenoxy) is 2. The second kappa shape index (κ2) is 17.8. The Balaban J connectivity index is 1.37. The molecule has 1 aliphatic heterocycles. The fourth-order valence-corrected chi connectivity index (χ4v) is 6.35. The van der Waals surface area contributed by atoms with Gasteiger partial charge in [-0.15, -0.1) is 0 Å². The summed E-state index contributed by atoms with van der Waals surface area (Å²) in [6.45, 7) is 6.55. The number of hydrogen-bond donors (Lipinski definition) is 3. The molecule has 10 nitrogen and oxygen atoms in total. The van der Waals surface area contributed by atoms with Gasteiger partial charge in [0.05, 0.1) is 42.5 Å². The van der Waals surface area contributed by atoms with E-state index in [-0.39, 0.29) is 49.4 Å². The Hall–Kier alpha value is -4.93. The molecule has 4 aromatic carbocycles. The van der Waals surface area contributed by atoms with Crippen LogP contribution in [0.1, 0.15) is 56.0 Å². The molecule has 4 aromatic rings. The minimum absolute atomic E-state index is 0.180. The number of urea groups is 1. The molecule has 51 heavy (non-hydrogen) atoms. The maximum Gasteiger partial charge on any atom is 0.321 e. The first-order chi connectivity index (χ1) is 24.6. The lowest BCUT2D eigenvalue weighted by Gasteiger charge is -2.35. The Morgan fingerprint density at radius 2 is 1.71 bits per heavy atom. The number of carbonyl (C=O) groups is 3. The van der Waals surface area contributed by atoms with Crippen molar-refractivity contribution in [2.45, 2.75) is 64.7 Å². The van der Waals surface area contributed by atoms with Crippen molar-refractivity contribution >= 4 is 40.0 Å². The van der Waals surface area contributed by atoms with E-state index in [1.54, 1.807) is 42.0 Å². The van der Waals surface area contributed by atoms with E-state index in [1.807, 2.05) is 86.6 Å². The Labute approximate surface area is 300 Å². The normalized spacial score (nSPS) is 19.3. The second-order valence-electron chi connectivity index (χ2n) is 13.6. The molecule has 0 unspecified atom stereocenters. The lowest BCUT2D eigenvalue weighted by molar-refractivity contribution is -0.115. The number of hydrogen-bond acceptors (Lipinski definition) is 6. The fraction of sp³-hybridized carbons (Fsp3) is 0.390. The van der Waals surface area contributed by atoms with Crippen LogP contribution in [-0.2, 0) is 16.0 Å². The Kier molecular flexibility index (Phi) is 13.0. The van der Waals surface area contributed by atoms with Crippen LogP contribution in [0.15, 0.2) is 91.0 Å². The number of carbonyl (C=O) groups excluding carboxylic acids is 3. The van der Waals surface area contributed by atoms with Gasteiger partial charge in [0.15, 0.2) is 0 Å². The van der Waals surface area contributed by atoms with Gasteiger partial charge in [-0.1, -0.05) is 73.7 Å². The summed E-state index contributed by atoms with van der Waals surface area (Å²) in [6.07, 6.45) is 2.02. The molecule has 1 aliphatic rings. The molecule has 3 N–H and O–H groups in total. The number of amides is 4. The van der Waals surface area contributed by atoms with E-state index < -0.39 is 12.1 Å². The Morgan fingerprint density at radius 1 is 0.961 bits per heavy atom. The highest BCUT2D eigenvalue weighted by molar-refractivity contribution is 6.02. The summed E-state index contributed by atoms with van der Waals surface area (Å²) in [7, 11) is 1.74. The standard InChI is InChI=1S/C41H50N4O6/c1-28-25-45(29(2)27-46)40(48)35-24-33(42-39(47)23-31-14-6-5-7-15-31)20-21-37(35)51-30(3)13-10-11-22-50-38(28)26-44(4)41(49)43-36-19-12-17-32-16-8-9-18-34(32)36/h5-9,12,14-21,24,28-30,38,46H,10-11,13,22-23,25-27H2,1-4H3,(H,42,47)(H,43,49)/t28-,29+,30-,38-/m0/s1. The van der Waals surface area contributed by atoms with E-state index in [0.717, 1.165) is 41.3 Å². The first kappa shape index (κ1) is 37.3. The average molecular weight is 695 g/mol. The maximum absolute atomic E-state index is 14.4. The van der Waals surface area contributed by atoms with Gasteiger partial charge >= 0.3 is 6.03 Å². The minimum Gasteiger partial charge on any atom is -0.490 e. The summed E-state index contributed by atoms with van der Waals surface area (Å²) < 4.78 is 12.8. The van der Waals surface area contributed by atoms with E-state index in [4.69, 9.17) is 9.47 Å². The molecule has 10 heteroatoms. The third-order valence-electron chi connectivity index (χ3n) is 9.37. The topological polar surface area (TPSA) is 120 Å². The summed E-state index contributed by atoms with van der Waals surface area (Å²) in [5, 5.41) is 18.3. The summed E-state index contributed by atoms with van der Waals surface area (Å²) in [5.41, 5.74) is 2.38. The lowest BCUT2D eigenvalue weighted by Crippen LogP contribution is -2.48. The van der Waals surface area contributed by atoms with Crippen molar-refractivity contribution in [1.29, 1.82) is 0 Å². The summed E-state index contributed by atoms with van der Waals surface area (Å²) in [6, 6.07) is 27.5. The minimum atomic E-state index is -0.525. The van der Waals surface area contributed by atoms with Gasteiger partial charge in [0.25, 0.3) is 5.91 Å². The van der Waals surface area contributed by atoms with Crippen molar-refractivity contribution in [2.24, 2.45) is 5.92 Å². The Bertz CT molecular complexity index is 1780. The maximum atomic E-state index is 14.4. The molecule has 5 rings (SSSR count). The molecule has 0 fully saturated rings. The highest BCUT2D eigenvalue weighted by atomic mass is 16.5. The SMILES string of the molecule is C[C@H](CO)N1C[C@H](C)[C@H](CN(C)C(=O)Nc2cccc3ccccc23)OCCCC[C@H](C)Oc2ccc(NC(=O)Cc3ccccc3)cc2C1=O. The van der Waals surface area contributed by atoms with Crippen molar-refractivity contribution in [3.63, 3.8) is 0 Å². The first-order valence-electron chi connectivity index (χ1n) is 17.8. The number of aliphatic hydroxyl groups excluding tert-OH is 1. The predicted molar refractivity (Wildman–Crippen MR) is 201 cm³/mol. The number of fused-ring (bicyclic) bond motifs is 2. The predicted octanol–water partition coefficient (Wildman–Crippen LogP) is 6.98. The summed E-state index contributed by atoms with van der Waals surface area (Å²) >= 11 is 0. The number of rotatable bonds is 8. The van der Waals surface area contributed by atoms with Crippen LogP contribution in [0.2, 0.25) is 0 Å². The molecule has 0 saturated carbocycles. The molecular weight excluding hydrogens is 644 g/mol. The smallest absolute Gasteiger partial charge is 0.321 e. The van der Waals surface area contributed by atoms with Crippen molar-refractivity contribution in [1.82, 2.24) is 9.80 Å². The second-order valence-corrected chi connectivity index (χ2v) is 13.6. The van der Waals surface area contributed by atoms with Crippen LogP contribution in [0, 0.1) is 5.92 Å². The van der Waals surface area contributed by atoms with Gasteiger partial charge in [0.1, 0.15) is 5.75 Å². The van der Waals surface area contributed by atoms with E-state index in [9.17, 15) is 19.5 Å². The van der Waals surface area contributed by atoms with E-state index in [1.165, 1.54) is 0 Å². The van der Waals surface area contributed by atoms with Crippen molar-refractivity contribution in [3.05, 3.63) is 102 Å². The van der Waals surface area contributed by atoms with Crippen LogP contribution >= 0.6 is 0 Å². The van der Waals surface area contributed by atoms with Crippen LogP contribution in [0.25, 0.3) is 10.8 Å². The van der Waals surface area contributed by atoms with Crippen molar-refractivity contribution < 1.29 is 29.0 Å². The van der Waals surface area contributed by atoms with Gasteiger partial charge in [-0.3, -0.25) is 9.59 Å². The average Bonchev–Trinajstić information content (AvgIpc) is 3.13. The molecule has 0 radical (unpaired) electrons. The van der Waals surface area contributed by atoms with E-state index in [2.05, 4.69) is 10.6 Å². The zero-order valence-corrected chi connectivity index (χ0v) is 30.0. The van der Waals surface area contributed by atoms with Crippen molar-refractivity contribution in [3.8, 4) is 5.75 Å². The number of aliphatic hydroxyl groups is 1. The largest absolute Gasteiger partial charge is 0.490 e. The van der Waals surface area contributed by atoms with Crippen LogP contribution in [0.3, 0.4) is 0 Å². The number of likely N-dealkylation sites (N-methyl/N-ethyl adjacent to an activating group) is 1. The molecule has 0 aromatic heterocycles. The van der Waals surface area contributed by atoms with E-state index >= 15 is 0 Å². The molecule has 0 aliphatic carbocycles. The first-order valence-corrected chi connectivity index (χ1v) is 17.8. The monoisotopic (exact) mass is 694 g/mol. The van der Waals surface area contributed by atoms with Gasteiger partial charge in [-0.25, -0.2) is 4.79 Å². The van der Waals surface area contributed by atoms with Gasteiger partial charge in [0, 0.05) is 43.7 Å². The molecule has 270 valence electrons. The molecular formula is C41H50N4O6. The number of nitrogens with zero attached hydrogens (tertiary/aromatic N) is 2. The zero-order chi connectivity index (χ0) is 36.3.